The van der Waals surface area contributed by atoms with E-state index in [-0.39, 0.29) is 29.2 Å². The van der Waals surface area contributed by atoms with Crippen molar-refractivity contribution < 1.29 is 28.4 Å². The van der Waals surface area contributed by atoms with Crippen molar-refractivity contribution in [2.75, 3.05) is 11.5 Å². The van der Waals surface area contributed by atoms with Crippen LogP contribution in [0.4, 0.5) is 20.6 Å². The first-order valence-electron chi connectivity index (χ1n) is 10.9. The van der Waals surface area contributed by atoms with Gasteiger partial charge in [-0.1, -0.05) is 36.4 Å². The third-order valence-corrected chi connectivity index (χ3v) is 5.44. The summed E-state index contributed by atoms with van der Waals surface area (Å²) in [6.07, 6.45) is 1.57. The standard InChI is InChI=1S/C26H20FN3O6/c1-2-36-23-13-16(10-11-18(23)14-17-6-3-4-9-22(17)27)12-21-24(31)28-26(33)29(25(21)32)19-7-5-8-20(15-19)30(34)35/h3-13,15H,2,14H2,1H3,(H,28,31,33)/b21-12+. The Kier molecular flexibility index (Phi) is 6.86. The number of rotatable bonds is 7. The van der Waals surface area contributed by atoms with Gasteiger partial charge in [0.1, 0.15) is 17.1 Å². The van der Waals surface area contributed by atoms with Crippen LogP contribution in [0, 0.1) is 15.9 Å². The number of amides is 4. The van der Waals surface area contributed by atoms with Crippen LogP contribution >= 0.6 is 0 Å². The number of anilines is 1. The third-order valence-electron chi connectivity index (χ3n) is 5.44. The minimum atomic E-state index is -1.02. The molecule has 3 aromatic rings. The van der Waals surface area contributed by atoms with Gasteiger partial charge >= 0.3 is 6.03 Å². The van der Waals surface area contributed by atoms with Crippen molar-refractivity contribution in [3.63, 3.8) is 0 Å². The molecule has 0 spiro atoms. The van der Waals surface area contributed by atoms with Gasteiger partial charge in [0, 0.05) is 18.6 Å². The van der Waals surface area contributed by atoms with E-state index in [1.165, 1.54) is 30.3 Å². The van der Waals surface area contributed by atoms with Gasteiger partial charge in [-0.05, 0) is 47.9 Å². The highest BCUT2D eigenvalue weighted by molar-refractivity contribution is 6.39. The van der Waals surface area contributed by atoms with Crippen LogP contribution in [0.1, 0.15) is 23.6 Å². The molecule has 0 unspecified atom stereocenters. The average Bonchev–Trinajstić information content (AvgIpc) is 2.85. The lowest BCUT2D eigenvalue weighted by molar-refractivity contribution is -0.384. The number of ether oxygens (including phenoxy) is 1. The molecule has 0 radical (unpaired) electrons. The van der Waals surface area contributed by atoms with Crippen LogP contribution in [-0.4, -0.2) is 29.4 Å². The Balaban J connectivity index is 1.69. The quantitative estimate of drug-likeness (QED) is 0.228. The predicted molar refractivity (Wildman–Crippen MR) is 129 cm³/mol. The second-order valence-corrected chi connectivity index (χ2v) is 7.80. The zero-order chi connectivity index (χ0) is 25.8. The molecule has 1 fully saturated rings. The minimum Gasteiger partial charge on any atom is -0.494 e. The normalized spacial score (nSPS) is 14.7. The molecule has 0 aliphatic carbocycles. The van der Waals surface area contributed by atoms with Gasteiger partial charge in [0.15, 0.2) is 0 Å². The Hall–Kier alpha value is -4.86. The number of imide groups is 2. The van der Waals surface area contributed by atoms with E-state index in [1.54, 1.807) is 43.3 Å². The first-order chi connectivity index (χ1) is 17.3. The van der Waals surface area contributed by atoms with Crippen LogP contribution in [0.2, 0.25) is 0 Å². The van der Waals surface area contributed by atoms with E-state index in [2.05, 4.69) is 5.32 Å². The van der Waals surface area contributed by atoms with Crippen LogP contribution in [0.3, 0.4) is 0 Å². The monoisotopic (exact) mass is 489 g/mol. The van der Waals surface area contributed by atoms with Gasteiger partial charge in [-0.25, -0.2) is 14.1 Å². The number of barbiturate groups is 1. The SMILES string of the molecule is CCOc1cc(/C=C2\C(=O)NC(=O)N(c3cccc([N+](=O)[O-])c3)C2=O)ccc1Cc1ccccc1F. The zero-order valence-electron chi connectivity index (χ0n) is 19.1. The number of halogens is 1. The summed E-state index contributed by atoms with van der Waals surface area (Å²) < 4.78 is 19.9. The van der Waals surface area contributed by atoms with E-state index in [0.717, 1.165) is 6.07 Å². The summed E-state index contributed by atoms with van der Waals surface area (Å²) in [6, 6.07) is 15.3. The van der Waals surface area contributed by atoms with Gasteiger partial charge in [0.25, 0.3) is 17.5 Å². The maximum Gasteiger partial charge on any atom is 0.335 e. The molecule has 4 amide bonds. The lowest BCUT2D eigenvalue weighted by Crippen LogP contribution is -2.54. The fourth-order valence-electron chi connectivity index (χ4n) is 3.75. The topological polar surface area (TPSA) is 119 Å². The summed E-state index contributed by atoms with van der Waals surface area (Å²) in [5.74, 6) is -1.73. The minimum absolute atomic E-state index is 0.0552. The van der Waals surface area contributed by atoms with E-state index >= 15 is 0 Å². The number of hydrogen-bond acceptors (Lipinski definition) is 6. The number of carbonyl (C=O) groups is 3. The van der Waals surface area contributed by atoms with Crippen LogP contribution < -0.4 is 15.0 Å². The van der Waals surface area contributed by atoms with Crippen molar-refractivity contribution in [3.8, 4) is 5.75 Å². The van der Waals surface area contributed by atoms with Crippen molar-refractivity contribution >= 4 is 35.3 Å². The van der Waals surface area contributed by atoms with E-state index in [0.29, 0.717) is 33.9 Å². The molecule has 9 nitrogen and oxygen atoms in total. The molecule has 3 aromatic carbocycles. The summed E-state index contributed by atoms with van der Waals surface area (Å²) >= 11 is 0. The number of carbonyl (C=O) groups excluding carboxylic acids is 3. The Morgan fingerprint density at radius 1 is 1.03 bits per heavy atom. The number of nitro benzene ring substituents is 1. The smallest absolute Gasteiger partial charge is 0.335 e. The highest BCUT2D eigenvalue weighted by Crippen LogP contribution is 2.28. The molecule has 1 aliphatic heterocycles. The van der Waals surface area contributed by atoms with Gasteiger partial charge in [0.05, 0.1) is 17.2 Å². The van der Waals surface area contributed by atoms with Crippen LogP contribution in [0.25, 0.3) is 6.08 Å². The van der Waals surface area contributed by atoms with Crippen LogP contribution in [0.5, 0.6) is 5.75 Å². The first kappa shape index (κ1) is 24.3. The van der Waals surface area contributed by atoms with Gasteiger partial charge in [-0.2, -0.15) is 0 Å². The Bertz CT molecular complexity index is 1420. The van der Waals surface area contributed by atoms with Gasteiger partial charge < -0.3 is 4.74 Å². The summed E-state index contributed by atoms with van der Waals surface area (Å²) in [5, 5.41) is 13.2. The van der Waals surface area contributed by atoms with Gasteiger partial charge in [0.2, 0.25) is 0 Å². The number of benzene rings is 3. The molecule has 182 valence electrons. The predicted octanol–water partition coefficient (Wildman–Crippen LogP) is 4.39. The molecule has 0 saturated carbocycles. The van der Waals surface area contributed by atoms with Crippen molar-refractivity contribution in [2.45, 2.75) is 13.3 Å². The van der Waals surface area contributed by atoms with E-state index in [9.17, 15) is 28.9 Å². The molecular formula is C26H20FN3O6. The fourth-order valence-corrected chi connectivity index (χ4v) is 3.75. The second-order valence-electron chi connectivity index (χ2n) is 7.80. The van der Waals surface area contributed by atoms with Crippen molar-refractivity contribution in [1.29, 1.82) is 0 Å². The number of nitro groups is 1. The Labute approximate surface area is 204 Å². The fraction of sp³-hybridized carbons (Fsp3) is 0.115. The molecule has 0 bridgehead atoms. The van der Waals surface area contributed by atoms with E-state index in [1.807, 2.05) is 0 Å². The molecule has 4 rings (SSSR count). The van der Waals surface area contributed by atoms with Gasteiger partial charge in [-0.15, -0.1) is 0 Å². The largest absolute Gasteiger partial charge is 0.494 e. The maximum absolute atomic E-state index is 14.1. The average molecular weight is 489 g/mol. The second kappa shape index (κ2) is 10.2. The molecule has 1 heterocycles. The molecule has 10 heteroatoms. The molecule has 1 aliphatic rings. The number of nitrogens with one attached hydrogen (secondary N) is 1. The molecule has 0 atom stereocenters. The van der Waals surface area contributed by atoms with Crippen molar-refractivity contribution in [2.24, 2.45) is 0 Å². The molecule has 1 saturated heterocycles. The van der Waals surface area contributed by atoms with Crippen molar-refractivity contribution in [1.82, 2.24) is 5.32 Å². The van der Waals surface area contributed by atoms with Crippen LogP contribution in [0.15, 0.2) is 72.3 Å². The highest BCUT2D eigenvalue weighted by Gasteiger charge is 2.37. The number of hydrogen-bond donors (Lipinski definition) is 1. The van der Waals surface area contributed by atoms with E-state index < -0.39 is 22.8 Å². The molecular weight excluding hydrogens is 469 g/mol. The first-order valence-corrected chi connectivity index (χ1v) is 10.9. The summed E-state index contributed by atoms with van der Waals surface area (Å²) in [4.78, 5) is 49.1. The summed E-state index contributed by atoms with van der Waals surface area (Å²) in [7, 11) is 0. The van der Waals surface area contributed by atoms with E-state index in [4.69, 9.17) is 4.74 Å². The number of nitrogens with zero attached hydrogens (tertiary/aromatic N) is 2. The summed E-state index contributed by atoms with van der Waals surface area (Å²) in [6.45, 7) is 2.12. The maximum atomic E-state index is 14.1. The lowest BCUT2D eigenvalue weighted by atomic mass is 10.00. The van der Waals surface area contributed by atoms with Gasteiger partial charge in [-0.3, -0.25) is 25.0 Å². The Morgan fingerprint density at radius 2 is 1.81 bits per heavy atom. The molecule has 1 N–H and O–H groups in total. The Morgan fingerprint density at radius 3 is 2.53 bits per heavy atom. The third kappa shape index (κ3) is 4.97. The summed E-state index contributed by atoms with van der Waals surface area (Å²) in [5.41, 5.74) is 0.907. The number of non-ortho nitro benzene ring substituents is 1. The van der Waals surface area contributed by atoms with Crippen molar-refractivity contribution in [3.05, 3.63) is 105 Å². The molecule has 36 heavy (non-hydrogen) atoms. The molecule has 0 aromatic heterocycles. The zero-order valence-corrected chi connectivity index (χ0v) is 19.1. The van der Waals surface area contributed by atoms with Crippen LogP contribution in [-0.2, 0) is 16.0 Å². The number of urea groups is 1. The lowest BCUT2D eigenvalue weighted by Gasteiger charge is -2.26. The highest BCUT2D eigenvalue weighted by atomic mass is 19.1.